The molecule has 1 aliphatic rings. The molecule has 184 valence electrons. The molecule has 0 spiro atoms. The maximum atomic E-state index is 13.1. The predicted molar refractivity (Wildman–Crippen MR) is 142 cm³/mol. The minimum absolute atomic E-state index is 0.0712. The van der Waals surface area contributed by atoms with E-state index in [1.54, 1.807) is 49.6 Å². The smallest absolute Gasteiger partial charge is 0.262 e. The average Bonchev–Trinajstić information content (AvgIpc) is 2.92. The standard InChI is InChI=1S/C28H27N3O4S/c1-35-26-11-5-4-10-25(26)30-17-19-31(20-18-30)28(32)22-13-15-23(16-14-22)29-36(33,34)27-12-6-8-21-7-2-3-9-24(21)27/h2-16,29H,17-20H2,1H3. The number of nitrogens with zero attached hydrogens (tertiary/aromatic N) is 2. The number of piperazine rings is 1. The summed E-state index contributed by atoms with van der Waals surface area (Å²) in [4.78, 5) is 17.3. The van der Waals surface area contributed by atoms with Gasteiger partial charge in [0.2, 0.25) is 0 Å². The van der Waals surface area contributed by atoms with Crippen molar-refractivity contribution >= 4 is 38.1 Å². The number of hydrogen-bond donors (Lipinski definition) is 1. The molecule has 1 fully saturated rings. The molecule has 0 unspecified atom stereocenters. The van der Waals surface area contributed by atoms with Gasteiger partial charge in [-0.1, -0.05) is 48.5 Å². The number of para-hydroxylation sites is 2. The molecule has 0 radical (unpaired) electrons. The number of nitrogens with one attached hydrogen (secondary N) is 1. The second-order valence-corrected chi connectivity index (χ2v) is 10.3. The Morgan fingerprint density at radius 3 is 2.22 bits per heavy atom. The van der Waals surface area contributed by atoms with Gasteiger partial charge in [-0.15, -0.1) is 0 Å². The predicted octanol–water partition coefficient (Wildman–Crippen LogP) is 4.61. The van der Waals surface area contributed by atoms with Crippen molar-refractivity contribution in [1.82, 2.24) is 4.90 Å². The van der Waals surface area contributed by atoms with Crippen LogP contribution in [0, 0.1) is 0 Å². The van der Waals surface area contributed by atoms with E-state index in [0.29, 0.717) is 42.8 Å². The zero-order chi connectivity index (χ0) is 25.1. The fourth-order valence-corrected chi connectivity index (χ4v) is 5.83. The fourth-order valence-electron chi connectivity index (χ4n) is 4.55. The van der Waals surface area contributed by atoms with Gasteiger partial charge in [-0.05, 0) is 47.9 Å². The summed E-state index contributed by atoms with van der Waals surface area (Å²) in [5.41, 5.74) is 1.95. The maximum absolute atomic E-state index is 13.1. The number of carbonyl (C=O) groups excluding carboxylic acids is 1. The van der Waals surface area contributed by atoms with Crippen molar-refractivity contribution in [2.45, 2.75) is 4.90 Å². The Balaban J connectivity index is 1.25. The average molecular weight is 502 g/mol. The zero-order valence-electron chi connectivity index (χ0n) is 19.9. The van der Waals surface area contributed by atoms with Gasteiger partial charge in [0.1, 0.15) is 5.75 Å². The summed E-state index contributed by atoms with van der Waals surface area (Å²) in [5, 5.41) is 1.51. The topological polar surface area (TPSA) is 79.0 Å². The molecule has 5 rings (SSSR count). The number of ether oxygens (including phenoxy) is 1. The second-order valence-electron chi connectivity index (χ2n) is 8.61. The third kappa shape index (κ3) is 4.72. The number of fused-ring (bicyclic) bond motifs is 1. The van der Waals surface area contributed by atoms with Crippen LogP contribution in [0.5, 0.6) is 5.75 Å². The van der Waals surface area contributed by atoms with Crippen LogP contribution in [0.1, 0.15) is 10.4 Å². The normalized spacial score (nSPS) is 14.0. The van der Waals surface area contributed by atoms with Crippen LogP contribution in [0.2, 0.25) is 0 Å². The van der Waals surface area contributed by atoms with Gasteiger partial charge in [-0.2, -0.15) is 0 Å². The SMILES string of the molecule is COc1ccccc1N1CCN(C(=O)c2ccc(NS(=O)(=O)c3cccc4ccccc34)cc2)CC1. The summed E-state index contributed by atoms with van der Waals surface area (Å²) >= 11 is 0. The van der Waals surface area contributed by atoms with Gasteiger partial charge in [0.25, 0.3) is 15.9 Å². The van der Waals surface area contributed by atoms with E-state index in [2.05, 4.69) is 9.62 Å². The second kappa shape index (κ2) is 9.91. The highest BCUT2D eigenvalue weighted by Crippen LogP contribution is 2.29. The highest BCUT2D eigenvalue weighted by Gasteiger charge is 2.24. The van der Waals surface area contributed by atoms with Crippen molar-refractivity contribution in [1.29, 1.82) is 0 Å². The maximum Gasteiger partial charge on any atom is 0.262 e. The van der Waals surface area contributed by atoms with E-state index < -0.39 is 10.0 Å². The Morgan fingerprint density at radius 2 is 1.47 bits per heavy atom. The molecule has 4 aromatic rings. The van der Waals surface area contributed by atoms with Crippen LogP contribution in [0.4, 0.5) is 11.4 Å². The zero-order valence-corrected chi connectivity index (χ0v) is 20.7. The Morgan fingerprint density at radius 1 is 0.806 bits per heavy atom. The van der Waals surface area contributed by atoms with Crippen LogP contribution >= 0.6 is 0 Å². The Kier molecular flexibility index (Phi) is 6.52. The molecule has 1 amide bonds. The van der Waals surface area contributed by atoms with Crippen molar-refractivity contribution in [2.75, 3.05) is 42.9 Å². The number of carbonyl (C=O) groups is 1. The molecule has 36 heavy (non-hydrogen) atoms. The summed E-state index contributed by atoms with van der Waals surface area (Å²) < 4.78 is 34.3. The first-order chi connectivity index (χ1) is 17.5. The molecular weight excluding hydrogens is 474 g/mol. The van der Waals surface area contributed by atoms with Crippen molar-refractivity contribution in [3.05, 3.63) is 96.6 Å². The highest BCUT2D eigenvalue weighted by atomic mass is 32.2. The van der Waals surface area contributed by atoms with E-state index in [4.69, 9.17) is 4.74 Å². The molecule has 7 nitrogen and oxygen atoms in total. The quantitative estimate of drug-likeness (QED) is 0.417. The third-order valence-corrected chi connectivity index (χ3v) is 7.86. The van der Waals surface area contributed by atoms with Gasteiger partial charge in [0.15, 0.2) is 0 Å². The first-order valence-corrected chi connectivity index (χ1v) is 13.2. The van der Waals surface area contributed by atoms with E-state index in [1.165, 1.54) is 0 Å². The van der Waals surface area contributed by atoms with Crippen molar-refractivity contribution in [3.63, 3.8) is 0 Å². The Hall–Kier alpha value is -4.04. The molecule has 0 bridgehead atoms. The number of benzene rings is 4. The van der Waals surface area contributed by atoms with Gasteiger partial charge < -0.3 is 14.5 Å². The van der Waals surface area contributed by atoms with Crippen LogP contribution in [0.15, 0.2) is 95.9 Å². The number of sulfonamides is 1. The summed E-state index contributed by atoms with van der Waals surface area (Å²) in [6, 6.07) is 27.0. The van der Waals surface area contributed by atoms with Gasteiger partial charge in [0, 0.05) is 42.8 Å². The van der Waals surface area contributed by atoms with Gasteiger partial charge in [0.05, 0.1) is 17.7 Å². The first kappa shape index (κ1) is 23.7. The molecule has 1 aliphatic heterocycles. The minimum Gasteiger partial charge on any atom is -0.495 e. The Bertz CT molecular complexity index is 1490. The number of anilines is 2. The van der Waals surface area contributed by atoms with Crippen LogP contribution in [-0.2, 0) is 10.0 Å². The van der Waals surface area contributed by atoms with Crippen molar-refractivity contribution < 1.29 is 17.9 Å². The molecule has 4 aromatic carbocycles. The summed E-state index contributed by atoms with van der Waals surface area (Å²) in [7, 11) is -2.14. The summed E-state index contributed by atoms with van der Waals surface area (Å²) in [6.07, 6.45) is 0. The van der Waals surface area contributed by atoms with E-state index in [9.17, 15) is 13.2 Å². The van der Waals surface area contributed by atoms with E-state index >= 15 is 0 Å². The number of rotatable bonds is 6. The number of hydrogen-bond acceptors (Lipinski definition) is 5. The molecule has 0 atom stereocenters. The van der Waals surface area contributed by atoms with Gasteiger partial charge in [-0.25, -0.2) is 8.42 Å². The Labute approximate surface area is 211 Å². The lowest BCUT2D eigenvalue weighted by Crippen LogP contribution is -2.48. The van der Waals surface area contributed by atoms with E-state index in [0.717, 1.165) is 16.8 Å². The molecule has 8 heteroatoms. The van der Waals surface area contributed by atoms with Crippen LogP contribution < -0.4 is 14.4 Å². The number of methoxy groups -OCH3 is 1. The van der Waals surface area contributed by atoms with Crippen LogP contribution in [0.25, 0.3) is 10.8 Å². The third-order valence-electron chi connectivity index (χ3n) is 6.42. The molecule has 0 aromatic heterocycles. The van der Waals surface area contributed by atoms with E-state index in [-0.39, 0.29) is 10.8 Å². The first-order valence-electron chi connectivity index (χ1n) is 11.7. The summed E-state index contributed by atoms with van der Waals surface area (Å²) in [6.45, 7) is 2.59. The molecule has 1 N–H and O–H groups in total. The van der Waals surface area contributed by atoms with E-state index in [1.807, 2.05) is 53.4 Å². The molecule has 0 saturated carbocycles. The molecular formula is C28H27N3O4S. The lowest BCUT2D eigenvalue weighted by Gasteiger charge is -2.36. The van der Waals surface area contributed by atoms with Crippen LogP contribution in [0.3, 0.4) is 0 Å². The molecule has 0 aliphatic carbocycles. The number of amides is 1. The van der Waals surface area contributed by atoms with Crippen molar-refractivity contribution in [3.8, 4) is 5.75 Å². The minimum atomic E-state index is -3.79. The van der Waals surface area contributed by atoms with Gasteiger partial charge in [-0.3, -0.25) is 9.52 Å². The largest absolute Gasteiger partial charge is 0.495 e. The molecule has 1 saturated heterocycles. The van der Waals surface area contributed by atoms with Crippen molar-refractivity contribution in [2.24, 2.45) is 0 Å². The monoisotopic (exact) mass is 501 g/mol. The van der Waals surface area contributed by atoms with Gasteiger partial charge >= 0.3 is 0 Å². The van der Waals surface area contributed by atoms with Crippen LogP contribution in [-0.4, -0.2) is 52.5 Å². The summed E-state index contributed by atoms with van der Waals surface area (Å²) in [5.74, 6) is 0.747. The lowest BCUT2D eigenvalue weighted by molar-refractivity contribution is 0.0746. The molecule has 1 heterocycles. The fraction of sp³-hybridized carbons (Fsp3) is 0.179. The lowest BCUT2D eigenvalue weighted by atomic mass is 10.1. The highest BCUT2D eigenvalue weighted by molar-refractivity contribution is 7.93.